The number of carbonyl (C=O) groups excluding carboxylic acids is 3. The van der Waals surface area contributed by atoms with E-state index in [1.54, 1.807) is 0 Å². The molecule has 0 radical (unpaired) electrons. The number of rotatable bonds is 21. The first-order valence-corrected chi connectivity index (χ1v) is 11.7. The third-order valence-electron chi connectivity index (χ3n) is 5.26. The van der Waals surface area contributed by atoms with Crippen molar-refractivity contribution < 1.29 is 127 Å². The van der Waals surface area contributed by atoms with Crippen LogP contribution in [0.1, 0.15) is 122 Å². The summed E-state index contributed by atoms with van der Waals surface area (Å²) in [6, 6.07) is -1.27. The molecule has 0 unspecified atom stereocenters. The minimum atomic E-state index is -1.46. The zero-order valence-corrected chi connectivity index (χ0v) is 26.6. The van der Waals surface area contributed by atoms with Gasteiger partial charge in [-0.25, -0.2) is 0 Å². The molecule has 8 heteroatoms. The van der Waals surface area contributed by atoms with Gasteiger partial charge in [-0.1, -0.05) is 96.8 Å². The van der Waals surface area contributed by atoms with Gasteiger partial charge in [-0.15, -0.1) is 0 Å². The standard InChI is InChI=1S/C23H43NO5.2K/c1-2-3-4-5-6-7-8-9-10-11-12-13-14-15-16-17-21(25)24-20(23(28)29)18-19-22(26)27;;/h20H,2-19H2,1H3,(H,24,25)(H,26,27)(H,28,29);;/q;2*+1/p-2/t20-;;/m0../s1. The third kappa shape index (κ3) is 27.8. The second kappa shape index (κ2) is 27.9. The Morgan fingerprint density at radius 2 is 1.03 bits per heavy atom. The van der Waals surface area contributed by atoms with Crippen molar-refractivity contribution in [2.45, 2.75) is 129 Å². The van der Waals surface area contributed by atoms with E-state index in [0.717, 1.165) is 12.8 Å². The minimum Gasteiger partial charge on any atom is -0.550 e. The Hall–Kier alpha value is 1.68. The Morgan fingerprint density at radius 3 is 1.39 bits per heavy atom. The quantitative estimate of drug-likeness (QED) is 0.137. The van der Waals surface area contributed by atoms with Gasteiger partial charge in [0.25, 0.3) is 0 Å². The first-order valence-electron chi connectivity index (χ1n) is 11.7. The van der Waals surface area contributed by atoms with Crippen LogP contribution in [0.3, 0.4) is 0 Å². The summed E-state index contributed by atoms with van der Waals surface area (Å²) in [6.07, 6.45) is 18.3. The first-order chi connectivity index (χ1) is 14.0. The van der Waals surface area contributed by atoms with Crippen molar-refractivity contribution in [3.63, 3.8) is 0 Å². The average Bonchev–Trinajstić information content (AvgIpc) is 2.67. The zero-order chi connectivity index (χ0) is 21.7. The first kappa shape index (κ1) is 37.2. The Kier molecular flexibility index (Phi) is 33.5. The fraction of sp³-hybridized carbons (Fsp3) is 0.870. The summed E-state index contributed by atoms with van der Waals surface area (Å²) in [5.74, 6) is -3.17. The van der Waals surface area contributed by atoms with E-state index in [1.807, 2.05) is 0 Å². The predicted octanol–water partition coefficient (Wildman–Crippen LogP) is -2.98. The smallest absolute Gasteiger partial charge is 0.550 e. The van der Waals surface area contributed by atoms with Gasteiger partial charge in [0.05, 0.1) is 12.0 Å². The van der Waals surface area contributed by atoms with Crippen molar-refractivity contribution in [2.75, 3.05) is 0 Å². The number of hydrogen-bond donors (Lipinski definition) is 1. The van der Waals surface area contributed by atoms with Gasteiger partial charge in [0, 0.05) is 12.4 Å². The van der Waals surface area contributed by atoms with Crippen LogP contribution >= 0.6 is 0 Å². The molecule has 0 bridgehead atoms. The van der Waals surface area contributed by atoms with Crippen molar-refractivity contribution in [2.24, 2.45) is 0 Å². The summed E-state index contributed by atoms with van der Waals surface area (Å²) in [5.41, 5.74) is 0. The normalized spacial score (nSPS) is 11.1. The Labute approximate surface area is 274 Å². The van der Waals surface area contributed by atoms with Crippen molar-refractivity contribution in [1.29, 1.82) is 0 Å². The number of carbonyl (C=O) groups is 3. The topological polar surface area (TPSA) is 109 Å². The molecule has 1 amide bonds. The SMILES string of the molecule is CCCCCCCCCCCCCCCCCC(=O)N[C@@H](CCC(=O)[O-])C(=O)[O-].[K+].[K+]. The van der Waals surface area contributed by atoms with E-state index in [0.29, 0.717) is 6.42 Å². The second-order valence-corrected chi connectivity index (χ2v) is 8.05. The second-order valence-electron chi connectivity index (χ2n) is 8.05. The van der Waals surface area contributed by atoms with Gasteiger partial charge in [0.15, 0.2) is 0 Å². The van der Waals surface area contributed by atoms with Crippen molar-refractivity contribution in [1.82, 2.24) is 5.32 Å². The van der Waals surface area contributed by atoms with Gasteiger partial charge in [-0.3, -0.25) is 4.79 Å². The molecule has 0 aliphatic carbocycles. The molecular formula is C23H41K2NO5. The van der Waals surface area contributed by atoms with Crippen LogP contribution in [0.25, 0.3) is 0 Å². The van der Waals surface area contributed by atoms with Crippen LogP contribution in [0.5, 0.6) is 0 Å². The summed E-state index contributed by atoms with van der Waals surface area (Å²) in [4.78, 5) is 33.1. The number of hydrogen-bond acceptors (Lipinski definition) is 5. The number of nitrogens with one attached hydrogen (secondary N) is 1. The number of unbranched alkanes of at least 4 members (excludes halogenated alkanes) is 14. The Balaban J connectivity index is -0.00000392. The van der Waals surface area contributed by atoms with Crippen LogP contribution < -0.4 is 118 Å². The Morgan fingerprint density at radius 1 is 0.645 bits per heavy atom. The largest absolute Gasteiger partial charge is 1.00 e. The monoisotopic (exact) mass is 489 g/mol. The molecule has 1 N–H and O–H groups in total. The number of amides is 1. The van der Waals surface area contributed by atoms with Gasteiger partial charge in [0.2, 0.25) is 5.91 Å². The van der Waals surface area contributed by atoms with Gasteiger partial charge >= 0.3 is 103 Å². The molecule has 0 aromatic rings. The van der Waals surface area contributed by atoms with E-state index in [2.05, 4.69) is 12.2 Å². The minimum absolute atomic E-state index is 0. The molecule has 0 rings (SSSR count). The molecule has 1 atom stereocenters. The van der Waals surface area contributed by atoms with E-state index < -0.39 is 24.4 Å². The van der Waals surface area contributed by atoms with Gasteiger partial charge in [0.1, 0.15) is 0 Å². The van der Waals surface area contributed by atoms with Crippen molar-refractivity contribution in [3.05, 3.63) is 0 Å². The molecule has 0 aliphatic heterocycles. The predicted molar refractivity (Wildman–Crippen MR) is 111 cm³/mol. The van der Waals surface area contributed by atoms with E-state index >= 15 is 0 Å². The molecule has 0 saturated carbocycles. The molecule has 0 saturated heterocycles. The van der Waals surface area contributed by atoms with Crippen molar-refractivity contribution in [3.8, 4) is 0 Å². The molecule has 0 aliphatic rings. The van der Waals surface area contributed by atoms with E-state index in [9.17, 15) is 24.6 Å². The molecule has 6 nitrogen and oxygen atoms in total. The van der Waals surface area contributed by atoms with Gasteiger partial charge < -0.3 is 25.1 Å². The van der Waals surface area contributed by atoms with Crippen LogP contribution in [-0.4, -0.2) is 23.9 Å². The fourth-order valence-electron chi connectivity index (χ4n) is 3.43. The van der Waals surface area contributed by atoms with E-state index in [1.165, 1.54) is 77.0 Å². The molecule has 0 aromatic carbocycles. The maximum atomic E-state index is 11.8. The van der Waals surface area contributed by atoms with Crippen LogP contribution in [0.4, 0.5) is 0 Å². The van der Waals surface area contributed by atoms with Crippen LogP contribution in [-0.2, 0) is 14.4 Å². The van der Waals surface area contributed by atoms with Crippen LogP contribution in [0.2, 0.25) is 0 Å². The van der Waals surface area contributed by atoms with Crippen LogP contribution in [0.15, 0.2) is 0 Å². The molecular weight excluding hydrogens is 448 g/mol. The molecule has 170 valence electrons. The van der Waals surface area contributed by atoms with Gasteiger partial charge in [-0.05, 0) is 19.3 Å². The maximum absolute atomic E-state index is 11.8. The molecule has 0 fully saturated rings. The molecule has 31 heavy (non-hydrogen) atoms. The summed E-state index contributed by atoms with van der Waals surface area (Å²) < 4.78 is 0. The number of carboxylic acid groups (broad SMARTS) is 2. The third-order valence-corrected chi connectivity index (χ3v) is 5.26. The number of aliphatic carboxylic acids is 2. The molecule has 0 spiro atoms. The van der Waals surface area contributed by atoms with Crippen LogP contribution in [0, 0.1) is 0 Å². The zero-order valence-electron chi connectivity index (χ0n) is 20.3. The van der Waals surface area contributed by atoms with Crippen molar-refractivity contribution >= 4 is 17.8 Å². The summed E-state index contributed by atoms with van der Waals surface area (Å²) >= 11 is 0. The average molecular weight is 490 g/mol. The van der Waals surface area contributed by atoms with Gasteiger partial charge in [-0.2, -0.15) is 0 Å². The molecule has 0 aromatic heterocycles. The Bertz CT molecular complexity index is 450. The fourth-order valence-corrected chi connectivity index (χ4v) is 3.43. The van der Waals surface area contributed by atoms with E-state index in [-0.39, 0.29) is 122 Å². The number of carboxylic acids is 2. The summed E-state index contributed by atoms with van der Waals surface area (Å²) in [5, 5.41) is 23.7. The molecule has 0 heterocycles. The summed E-state index contributed by atoms with van der Waals surface area (Å²) in [6.45, 7) is 2.25. The maximum Gasteiger partial charge on any atom is 1.00 e. The summed E-state index contributed by atoms with van der Waals surface area (Å²) in [7, 11) is 0. The van der Waals surface area contributed by atoms with E-state index in [4.69, 9.17) is 0 Å².